The smallest absolute Gasteiger partial charge is 0.252 e. The second-order valence-electron chi connectivity index (χ2n) is 13.2. The molecule has 3 fully saturated rings. The van der Waals surface area contributed by atoms with Gasteiger partial charge in [0.2, 0.25) is 0 Å². The first-order valence-corrected chi connectivity index (χ1v) is 17.3. The van der Waals surface area contributed by atoms with Crippen molar-refractivity contribution in [2.24, 2.45) is 22.7 Å². The van der Waals surface area contributed by atoms with Crippen molar-refractivity contribution < 1.29 is 28.1 Å². The fraction of sp³-hybridized carbons (Fsp3) is 0.576. The standard InChI is InChI=1S/C33H43NO6S2/c1-31-14-11-24(35)18-23(31)8-10-26-27(31)12-15-32(2)28(26)13-16-33(32,36)21-34(42(37,38)30-6-5-17-41-30)20-22-7-9-25(39-3)19-29(22)40-4/h5-10,17,19,24,27-28,35-36H,11-16,18,20-21H2,1-4H3. The highest BCUT2D eigenvalue weighted by Gasteiger charge is 2.62. The van der Waals surface area contributed by atoms with Gasteiger partial charge in [0.15, 0.2) is 0 Å². The molecule has 0 aliphatic heterocycles. The molecular weight excluding hydrogens is 570 g/mol. The minimum atomic E-state index is -3.88. The molecule has 3 saturated carbocycles. The van der Waals surface area contributed by atoms with Crippen molar-refractivity contribution >= 4 is 21.4 Å². The van der Waals surface area contributed by atoms with Gasteiger partial charge in [-0.2, -0.15) is 4.31 Å². The molecule has 0 radical (unpaired) electrons. The van der Waals surface area contributed by atoms with Crippen molar-refractivity contribution in [1.29, 1.82) is 0 Å². The van der Waals surface area contributed by atoms with Crippen LogP contribution in [-0.2, 0) is 16.6 Å². The Morgan fingerprint density at radius 3 is 2.52 bits per heavy atom. The minimum absolute atomic E-state index is 0.0118. The molecule has 4 aliphatic rings. The predicted octanol–water partition coefficient (Wildman–Crippen LogP) is 5.93. The van der Waals surface area contributed by atoms with E-state index in [1.807, 2.05) is 6.07 Å². The lowest BCUT2D eigenvalue weighted by atomic mass is 9.50. The van der Waals surface area contributed by atoms with Crippen molar-refractivity contribution in [3.8, 4) is 11.5 Å². The number of methoxy groups -OCH3 is 2. The Balaban J connectivity index is 1.34. The van der Waals surface area contributed by atoms with Gasteiger partial charge in [-0.3, -0.25) is 0 Å². The molecule has 1 heterocycles. The lowest BCUT2D eigenvalue weighted by molar-refractivity contribution is -0.0934. The van der Waals surface area contributed by atoms with Crippen molar-refractivity contribution in [3.05, 3.63) is 64.6 Å². The Kier molecular flexibility index (Phi) is 7.66. The summed E-state index contributed by atoms with van der Waals surface area (Å²) < 4.78 is 40.9. The molecular formula is C33H43NO6S2. The number of aliphatic hydroxyl groups excluding tert-OH is 1. The summed E-state index contributed by atoms with van der Waals surface area (Å²) in [7, 11) is -0.735. The summed E-state index contributed by atoms with van der Waals surface area (Å²) in [5, 5.41) is 24.7. The summed E-state index contributed by atoms with van der Waals surface area (Å²) in [4.78, 5) is 0. The summed E-state index contributed by atoms with van der Waals surface area (Å²) in [5.74, 6) is 1.76. The van der Waals surface area contributed by atoms with Crippen LogP contribution in [0, 0.1) is 22.7 Å². The van der Waals surface area contributed by atoms with Crippen molar-refractivity contribution in [1.82, 2.24) is 4.31 Å². The van der Waals surface area contributed by atoms with Crippen molar-refractivity contribution in [3.63, 3.8) is 0 Å². The van der Waals surface area contributed by atoms with Crippen LogP contribution < -0.4 is 9.47 Å². The monoisotopic (exact) mass is 613 g/mol. The number of fused-ring (bicyclic) bond motifs is 5. The zero-order valence-corrected chi connectivity index (χ0v) is 26.6. The molecule has 0 spiro atoms. The molecule has 42 heavy (non-hydrogen) atoms. The highest BCUT2D eigenvalue weighted by molar-refractivity contribution is 7.91. The van der Waals surface area contributed by atoms with Gasteiger partial charge in [0.05, 0.1) is 25.9 Å². The number of aliphatic hydroxyl groups is 2. The van der Waals surface area contributed by atoms with Gasteiger partial charge in [0.1, 0.15) is 15.7 Å². The zero-order chi connectivity index (χ0) is 29.9. The summed E-state index contributed by atoms with van der Waals surface area (Å²) in [6.07, 6.45) is 9.96. The van der Waals surface area contributed by atoms with Gasteiger partial charge in [-0.25, -0.2) is 8.42 Å². The van der Waals surface area contributed by atoms with Gasteiger partial charge in [-0.05, 0) is 79.7 Å². The Labute approximate surface area is 253 Å². The van der Waals surface area contributed by atoms with Crippen LogP contribution in [0.15, 0.2) is 63.2 Å². The number of allylic oxidation sites excluding steroid dienone is 3. The van der Waals surface area contributed by atoms with Crippen LogP contribution in [0.25, 0.3) is 0 Å². The van der Waals surface area contributed by atoms with Crippen LogP contribution in [0.4, 0.5) is 0 Å². The van der Waals surface area contributed by atoms with Gasteiger partial charge < -0.3 is 19.7 Å². The number of ether oxygens (including phenoxy) is 2. The molecule has 1 aromatic heterocycles. The largest absolute Gasteiger partial charge is 0.497 e. The first kappa shape index (κ1) is 29.9. The SMILES string of the molecule is COc1ccc(CN(CC2(O)CCC3C4=CC=C5CC(O)CCC5(C)C4CCC32C)S(=O)(=O)c2cccs2)c(OC)c1. The minimum Gasteiger partial charge on any atom is -0.497 e. The molecule has 2 aromatic rings. The quantitative estimate of drug-likeness (QED) is 0.383. The van der Waals surface area contributed by atoms with Gasteiger partial charge in [-0.15, -0.1) is 11.3 Å². The molecule has 0 bridgehead atoms. The predicted molar refractivity (Wildman–Crippen MR) is 164 cm³/mol. The van der Waals surface area contributed by atoms with Crippen LogP contribution >= 0.6 is 11.3 Å². The average Bonchev–Trinajstić information content (AvgIpc) is 3.61. The lowest BCUT2D eigenvalue weighted by Crippen LogP contribution is -2.56. The topological polar surface area (TPSA) is 96.3 Å². The first-order valence-electron chi connectivity index (χ1n) is 15.0. The van der Waals surface area contributed by atoms with E-state index in [1.165, 1.54) is 26.8 Å². The summed E-state index contributed by atoms with van der Waals surface area (Å²) in [5.41, 5.74) is 1.87. The van der Waals surface area contributed by atoms with E-state index < -0.39 is 21.0 Å². The third-order valence-corrected chi connectivity index (χ3v) is 14.4. The van der Waals surface area contributed by atoms with E-state index in [1.54, 1.807) is 43.9 Å². The van der Waals surface area contributed by atoms with Crippen LogP contribution in [0.1, 0.15) is 64.4 Å². The molecule has 0 saturated heterocycles. The fourth-order valence-electron chi connectivity index (χ4n) is 8.58. The van der Waals surface area contributed by atoms with Gasteiger partial charge in [0.25, 0.3) is 10.0 Å². The van der Waals surface area contributed by atoms with Crippen LogP contribution in [0.3, 0.4) is 0 Å². The van der Waals surface area contributed by atoms with E-state index in [-0.39, 0.29) is 34.7 Å². The fourth-order valence-corrected chi connectivity index (χ4v) is 11.2. The second-order valence-corrected chi connectivity index (χ2v) is 16.3. The van der Waals surface area contributed by atoms with Crippen LogP contribution in [-0.4, -0.2) is 55.4 Å². The molecule has 6 atom stereocenters. The molecule has 6 rings (SSSR count). The maximum Gasteiger partial charge on any atom is 0.252 e. The van der Waals surface area contributed by atoms with E-state index in [0.717, 1.165) is 38.5 Å². The van der Waals surface area contributed by atoms with Crippen LogP contribution in [0.5, 0.6) is 11.5 Å². The summed E-state index contributed by atoms with van der Waals surface area (Å²) >= 11 is 1.19. The van der Waals surface area contributed by atoms with Gasteiger partial charge in [-0.1, -0.05) is 49.3 Å². The highest BCUT2D eigenvalue weighted by Crippen LogP contribution is 2.66. The van der Waals surface area contributed by atoms with Gasteiger partial charge >= 0.3 is 0 Å². The summed E-state index contributed by atoms with van der Waals surface area (Å²) in [6.45, 7) is 4.63. The number of sulfonamides is 1. The molecule has 2 N–H and O–H groups in total. The molecule has 228 valence electrons. The van der Waals surface area contributed by atoms with E-state index in [9.17, 15) is 18.6 Å². The van der Waals surface area contributed by atoms with Crippen molar-refractivity contribution in [2.45, 2.75) is 81.3 Å². The third-order valence-electron chi connectivity index (χ3n) is 11.2. The lowest BCUT2D eigenvalue weighted by Gasteiger charge is -2.56. The molecule has 6 unspecified atom stereocenters. The normalized spacial score (nSPS) is 34.2. The number of hydrogen-bond donors (Lipinski definition) is 2. The summed E-state index contributed by atoms with van der Waals surface area (Å²) in [6, 6.07) is 8.77. The molecule has 0 amide bonds. The maximum atomic E-state index is 14.1. The number of benzene rings is 1. The van der Waals surface area contributed by atoms with Gasteiger partial charge in [0, 0.05) is 30.1 Å². The molecule has 4 aliphatic carbocycles. The van der Waals surface area contributed by atoms with E-state index in [4.69, 9.17) is 9.47 Å². The van der Waals surface area contributed by atoms with Crippen molar-refractivity contribution in [2.75, 3.05) is 20.8 Å². The molecule has 1 aromatic carbocycles. The average molecular weight is 614 g/mol. The Bertz CT molecular complexity index is 1500. The number of nitrogens with zero attached hydrogens (tertiary/aromatic N) is 1. The highest BCUT2D eigenvalue weighted by atomic mass is 32.2. The number of rotatable bonds is 8. The van der Waals surface area contributed by atoms with E-state index in [2.05, 4.69) is 26.0 Å². The number of thiophene rings is 1. The van der Waals surface area contributed by atoms with E-state index >= 15 is 0 Å². The van der Waals surface area contributed by atoms with Crippen LogP contribution in [0.2, 0.25) is 0 Å². The number of hydrogen-bond acceptors (Lipinski definition) is 7. The Morgan fingerprint density at radius 1 is 1.02 bits per heavy atom. The Hall–Kier alpha value is -2.17. The molecule has 9 heteroatoms. The zero-order valence-electron chi connectivity index (χ0n) is 25.0. The first-order chi connectivity index (χ1) is 19.9. The Morgan fingerprint density at radius 2 is 1.81 bits per heavy atom. The third kappa shape index (κ3) is 4.67. The molecule has 7 nitrogen and oxygen atoms in total. The van der Waals surface area contributed by atoms with E-state index in [0.29, 0.717) is 29.4 Å². The maximum absolute atomic E-state index is 14.1. The second kappa shape index (κ2) is 10.8.